The van der Waals surface area contributed by atoms with E-state index in [2.05, 4.69) is 9.97 Å². The Morgan fingerprint density at radius 2 is 2.08 bits per heavy atom. The Balaban J connectivity index is 1.43. The third-order valence-corrected chi connectivity index (χ3v) is 4.02. The number of hydrogen-bond donors (Lipinski definition) is 1. The van der Waals surface area contributed by atoms with Crippen LogP contribution in [0, 0.1) is 0 Å². The molecule has 3 aromatic rings. The molecule has 0 bridgehead atoms. The Morgan fingerprint density at radius 1 is 1.24 bits per heavy atom. The normalized spacial score (nSPS) is 12.8. The summed E-state index contributed by atoms with van der Waals surface area (Å²) in [4.78, 5) is 21.6. The van der Waals surface area contributed by atoms with Gasteiger partial charge >= 0.3 is 0 Å². The molecule has 2 heterocycles. The number of aromatic amines is 1. The predicted octanol–water partition coefficient (Wildman–Crippen LogP) is 2.96. The van der Waals surface area contributed by atoms with Gasteiger partial charge in [0, 0.05) is 13.1 Å². The molecule has 0 unspecified atom stereocenters. The molecule has 0 radical (unpaired) electrons. The van der Waals surface area contributed by atoms with Gasteiger partial charge in [0.1, 0.15) is 5.82 Å². The van der Waals surface area contributed by atoms with E-state index in [4.69, 9.17) is 9.47 Å². The number of imidazole rings is 1. The Labute approximate surface area is 144 Å². The maximum atomic E-state index is 12.3. The maximum absolute atomic E-state index is 12.3. The van der Waals surface area contributed by atoms with Crippen molar-refractivity contribution in [2.45, 2.75) is 6.54 Å². The zero-order chi connectivity index (χ0) is 17.2. The minimum absolute atomic E-state index is 0.0990. The molecule has 1 aliphatic rings. The third-order valence-electron chi connectivity index (χ3n) is 4.02. The topological polar surface area (TPSA) is 67.5 Å². The summed E-state index contributed by atoms with van der Waals surface area (Å²) in [5, 5.41) is 0. The van der Waals surface area contributed by atoms with Crippen LogP contribution in [0.25, 0.3) is 17.1 Å². The molecule has 4 rings (SSSR count). The number of rotatable bonds is 4. The molecular weight excluding hydrogens is 318 g/mol. The van der Waals surface area contributed by atoms with Gasteiger partial charge in [0.05, 0.1) is 17.6 Å². The van der Waals surface area contributed by atoms with Crippen LogP contribution in [0.1, 0.15) is 11.4 Å². The number of nitrogens with zero attached hydrogens (tertiary/aromatic N) is 2. The molecule has 0 saturated heterocycles. The van der Waals surface area contributed by atoms with E-state index in [-0.39, 0.29) is 12.7 Å². The highest BCUT2D eigenvalue weighted by atomic mass is 16.7. The van der Waals surface area contributed by atoms with Gasteiger partial charge in [-0.2, -0.15) is 0 Å². The first-order chi connectivity index (χ1) is 12.2. The highest BCUT2D eigenvalue weighted by Crippen LogP contribution is 2.32. The summed E-state index contributed by atoms with van der Waals surface area (Å²) in [5.41, 5.74) is 2.75. The van der Waals surface area contributed by atoms with Gasteiger partial charge in [-0.1, -0.05) is 18.2 Å². The number of amides is 1. The third kappa shape index (κ3) is 3.19. The van der Waals surface area contributed by atoms with E-state index < -0.39 is 0 Å². The molecule has 6 heteroatoms. The molecule has 0 fully saturated rings. The number of hydrogen-bond acceptors (Lipinski definition) is 4. The molecular formula is C19H17N3O3. The van der Waals surface area contributed by atoms with Crippen LogP contribution < -0.4 is 9.47 Å². The molecule has 25 heavy (non-hydrogen) atoms. The second-order valence-electron chi connectivity index (χ2n) is 5.84. The Bertz CT molecular complexity index is 928. The number of carbonyl (C=O) groups excluding carboxylic acids is 1. The fraction of sp³-hybridized carbons (Fsp3) is 0.158. The van der Waals surface area contributed by atoms with Gasteiger partial charge in [0.15, 0.2) is 11.5 Å². The lowest BCUT2D eigenvalue weighted by Crippen LogP contribution is -2.24. The van der Waals surface area contributed by atoms with Gasteiger partial charge in [0.2, 0.25) is 12.7 Å². The van der Waals surface area contributed by atoms with Crippen LogP contribution in [0.15, 0.2) is 48.5 Å². The van der Waals surface area contributed by atoms with Gasteiger partial charge < -0.3 is 19.4 Å². The molecule has 1 aliphatic heterocycles. The van der Waals surface area contributed by atoms with Crippen molar-refractivity contribution >= 4 is 23.0 Å². The van der Waals surface area contributed by atoms with Crippen molar-refractivity contribution in [3.8, 4) is 11.5 Å². The lowest BCUT2D eigenvalue weighted by Gasteiger charge is -2.13. The van der Waals surface area contributed by atoms with E-state index in [1.54, 1.807) is 24.1 Å². The van der Waals surface area contributed by atoms with E-state index in [9.17, 15) is 4.79 Å². The van der Waals surface area contributed by atoms with Crippen molar-refractivity contribution in [2.24, 2.45) is 0 Å². The number of benzene rings is 2. The van der Waals surface area contributed by atoms with Crippen LogP contribution in [0.3, 0.4) is 0 Å². The van der Waals surface area contributed by atoms with E-state index in [1.165, 1.54) is 0 Å². The fourth-order valence-corrected chi connectivity index (χ4v) is 2.69. The molecule has 2 aromatic carbocycles. The van der Waals surface area contributed by atoms with Gasteiger partial charge in [-0.15, -0.1) is 0 Å². The molecule has 0 saturated carbocycles. The molecule has 6 nitrogen and oxygen atoms in total. The Hall–Kier alpha value is -3.28. The number of aromatic nitrogens is 2. The van der Waals surface area contributed by atoms with Crippen LogP contribution in [0.5, 0.6) is 11.5 Å². The lowest BCUT2D eigenvalue weighted by atomic mass is 10.2. The Morgan fingerprint density at radius 3 is 2.96 bits per heavy atom. The maximum Gasteiger partial charge on any atom is 0.246 e. The van der Waals surface area contributed by atoms with E-state index in [0.717, 1.165) is 28.2 Å². The average Bonchev–Trinajstić information content (AvgIpc) is 3.24. The quantitative estimate of drug-likeness (QED) is 0.744. The first kappa shape index (κ1) is 15.3. The second-order valence-corrected chi connectivity index (χ2v) is 5.84. The molecule has 1 aromatic heterocycles. The largest absolute Gasteiger partial charge is 0.454 e. The summed E-state index contributed by atoms with van der Waals surface area (Å²) in [7, 11) is 1.75. The van der Waals surface area contributed by atoms with Crippen molar-refractivity contribution in [1.82, 2.24) is 14.9 Å². The van der Waals surface area contributed by atoms with Crippen molar-refractivity contribution in [2.75, 3.05) is 13.8 Å². The van der Waals surface area contributed by atoms with Crippen LogP contribution >= 0.6 is 0 Å². The van der Waals surface area contributed by atoms with E-state index >= 15 is 0 Å². The summed E-state index contributed by atoms with van der Waals surface area (Å²) in [6.45, 7) is 0.653. The first-order valence-corrected chi connectivity index (χ1v) is 7.95. The number of likely N-dealkylation sites (N-methyl/N-ethyl adjacent to an activating group) is 1. The van der Waals surface area contributed by atoms with Crippen molar-refractivity contribution < 1.29 is 14.3 Å². The predicted molar refractivity (Wildman–Crippen MR) is 94.2 cm³/mol. The minimum atomic E-state index is -0.0990. The lowest BCUT2D eigenvalue weighted by molar-refractivity contribution is -0.125. The zero-order valence-electron chi connectivity index (χ0n) is 13.7. The number of para-hydroxylation sites is 2. The fourth-order valence-electron chi connectivity index (χ4n) is 2.69. The second kappa shape index (κ2) is 6.32. The monoisotopic (exact) mass is 335 g/mol. The number of fused-ring (bicyclic) bond motifs is 2. The average molecular weight is 335 g/mol. The smallest absolute Gasteiger partial charge is 0.246 e. The number of H-pyrrole nitrogens is 1. The zero-order valence-corrected chi connectivity index (χ0v) is 13.7. The van der Waals surface area contributed by atoms with Crippen LogP contribution in [0.4, 0.5) is 0 Å². The summed E-state index contributed by atoms with van der Waals surface area (Å²) >= 11 is 0. The van der Waals surface area contributed by atoms with Gasteiger partial charge in [0.25, 0.3) is 0 Å². The molecule has 0 aliphatic carbocycles. The van der Waals surface area contributed by atoms with Gasteiger partial charge in [-0.25, -0.2) is 4.98 Å². The van der Waals surface area contributed by atoms with Gasteiger partial charge in [-0.05, 0) is 35.9 Å². The van der Waals surface area contributed by atoms with Gasteiger partial charge in [-0.3, -0.25) is 4.79 Å². The molecule has 0 atom stereocenters. The summed E-state index contributed by atoms with van der Waals surface area (Å²) < 4.78 is 10.6. The minimum Gasteiger partial charge on any atom is -0.454 e. The Kier molecular flexibility index (Phi) is 3.85. The summed E-state index contributed by atoms with van der Waals surface area (Å²) in [6, 6.07) is 13.4. The number of carbonyl (C=O) groups is 1. The molecule has 126 valence electrons. The highest BCUT2D eigenvalue weighted by molar-refractivity contribution is 5.91. The first-order valence-electron chi connectivity index (χ1n) is 7.95. The van der Waals surface area contributed by atoms with E-state index in [1.807, 2.05) is 42.5 Å². The van der Waals surface area contributed by atoms with Crippen LogP contribution in [-0.2, 0) is 11.3 Å². The molecule has 0 spiro atoms. The summed E-state index contributed by atoms with van der Waals surface area (Å²) in [5.74, 6) is 2.09. The van der Waals surface area contributed by atoms with Crippen molar-refractivity contribution in [1.29, 1.82) is 0 Å². The van der Waals surface area contributed by atoms with Crippen LogP contribution in [-0.4, -0.2) is 34.6 Å². The van der Waals surface area contributed by atoms with Crippen molar-refractivity contribution in [3.05, 3.63) is 59.9 Å². The molecule has 1 N–H and O–H groups in total. The number of ether oxygens (including phenoxy) is 2. The van der Waals surface area contributed by atoms with E-state index in [0.29, 0.717) is 12.3 Å². The molecule has 1 amide bonds. The number of nitrogens with one attached hydrogen (secondary N) is 1. The van der Waals surface area contributed by atoms with Crippen molar-refractivity contribution in [3.63, 3.8) is 0 Å². The SMILES string of the molecule is CN(Cc1nc2ccccc2[nH]1)C(=O)/C=C\c1ccc2c(c1)OCO2. The van der Waals surface area contributed by atoms with Crippen LogP contribution in [0.2, 0.25) is 0 Å². The highest BCUT2D eigenvalue weighted by Gasteiger charge is 2.13. The standard InChI is InChI=1S/C19H17N3O3/c1-22(11-18-20-14-4-2-3-5-15(14)21-18)19(23)9-7-13-6-8-16-17(10-13)25-12-24-16/h2-10H,11-12H2,1H3,(H,20,21)/b9-7-. The summed E-state index contributed by atoms with van der Waals surface area (Å²) in [6.07, 6.45) is 3.31.